The van der Waals surface area contributed by atoms with E-state index in [9.17, 15) is 4.79 Å². The van der Waals surface area contributed by atoms with E-state index in [1.165, 1.54) is 32.1 Å². The van der Waals surface area contributed by atoms with E-state index in [2.05, 4.69) is 10.6 Å². The van der Waals surface area contributed by atoms with Gasteiger partial charge in [-0.2, -0.15) is 0 Å². The zero-order valence-corrected chi connectivity index (χ0v) is 13.9. The molecule has 3 rings (SSSR count). The quantitative estimate of drug-likeness (QED) is 0.883. The predicted octanol–water partition coefficient (Wildman–Crippen LogP) is 4.33. The second kappa shape index (κ2) is 6.90. The largest absolute Gasteiger partial charge is 0.382 e. The molecular weight excluding hydrogens is 286 g/mol. The highest BCUT2D eigenvalue weighted by Gasteiger charge is 2.13. The standard InChI is InChI=1S/C19H25N3O/c1-14-8-13-18(22(14)2)19(23)21-17-11-9-16(10-12-17)20-15-6-4-3-5-7-15/h8-13,15,20H,3-7H2,1-2H3,(H,21,23). The third kappa shape index (κ3) is 3.76. The normalized spacial score (nSPS) is 15.4. The van der Waals surface area contributed by atoms with Crippen LogP contribution in [0.25, 0.3) is 0 Å². The smallest absolute Gasteiger partial charge is 0.272 e. The molecule has 1 aliphatic rings. The van der Waals surface area contributed by atoms with E-state index < -0.39 is 0 Å². The molecule has 23 heavy (non-hydrogen) atoms. The van der Waals surface area contributed by atoms with Gasteiger partial charge in [-0.15, -0.1) is 0 Å². The molecule has 2 N–H and O–H groups in total. The highest BCUT2D eigenvalue weighted by molar-refractivity contribution is 6.03. The Labute approximate surface area is 137 Å². The van der Waals surface area contributed by atoms with E-state index in [0.717, 1.165) is 17.1 Å². The maximum atomic E-state index is 12.3. The number of hydrogen-bond acceptors (Lipinski definition) is 2. The molecule has 0 radical (unpaired) electrons. The molecule has 1 aliphatic carbocycles. The zero-order valence-electron chi connectivity index (χ0n) is 13.9. The number of aromatic nitrogens is 1. The van der Waals surface area contributed by atoms with Crippen LogP contribution in [0.4, 0.5) is 11.4 Å². The number of rotatable bonds is 4. The number of aryl methyl sites for hydroxylation is 1. The number of hydrogen-bond donors (Lipinski definition) is 2. The van der Waals surface area contributed by atoms with Gasteiger partial charge in [0, 0.05) is 30.2 Å². The monoisotopic (exact) mass is 311 g/mol. The summed E-state index contributed by atoms with van der Waals surface area (Å²) in [5.74, 6) is -0.0754. The zero-order chi connectivity index (χ0) is 16.2. The second-order valence-electron chi connectivity index (χ2n) is 6.43. The van der Waals surface area contributed by atoms with Crippen molar-refractivity contribution in [1.29, 1.82) is 0 Å². The molecule has 0 atom stereocenters. The summed E-state index contributed by atoms with van der Waals surface area (Å²) in [6, 6.07) is 12.4. The third-order valence-electron chi connectivity index (χ3n) is 4.72. The van der Waals surface area contributed by atoms with Crippen molar-refractivity contribution in [3.05, 3.63) is 47.8 Å². The Morgan fingerprint density at radius 3 is 2.26 bits per heavy atom. The van der Waals surface area contributed by atoms with E-state index in [4.69, 9.17) is 0 Å². The molecule has 1 amide bonds. The molecule has 0 bridgehead atoms. The van der Waals surface area contributed by atoms with Gasteiger partial charge in [-0.1, -0.05) is 19.3 Å². The molecule has 1 aromatic heterocycles. The summed E-state index contributed by atoms with van der Waals surface area (Å²) in [4.78, 5) is 12.3. The first kappa shape index (κ1) is 15.7. The summed E-state index contributed by atoms with van der Waals surface area (Å²) in [5, 5.41) is 6.54. The minimum absolute atomic E-state index is 0.0754. The number of amides is 1. The minimum Gasteiger partial charge on any atom is -0.382 e. The Bertz CT molecular complexity index is 666. The first-order chi connectivity index (χ1) is 11.1. The van der Waals surface area contributed by atoms with Gasteiger partial charge in [0.2, 0.25) is 0 Å². The van der Waals surface area contributed by atoms with Gasteiger partial charge >= 0.3 is 0 Å². The molecule has 2 aromatic rings. The van der Waals surface area contributed by atoms with Crippen LogP contribution in [0.5, 0.6) is 0 Å². The number of nitrogens with one attached hydrogen (secondary N) is 2. The minimum atomic E-state index is -0.0754. The van der Waals surface area contributed by atoms with Crippen LogP contribution >= 0.6 is 0 Å². The lowest BCUT2D eigenvalue weighted by atomic mass is 9.95. The number of nitrogens with zero attached hydrogens (tertiary/aromatic N) is 1. The van der Waals surface area contributed by atoms with Crippen molar-refractivity contribution in [2.24, 2.45) is 7.05 Å². The highest BCUT2D eigenvalue weighted by Crippen LogP contribution is 2.22. The summed E-state index contributed by atoms with van der Waals surface area (Å²) >= 11 is 0. The topological polar surface area (TPSA) is 46.1 Å². The van der Waals surface area contributed by atoms with Crippen LogP contribution in [-0.4, -0.2) is 16.5 Å². The third-order valence-corrected chi connectivity index (χ3v) is 4.72. The molecule has 0 spiro atoms. The lowest BCUT2D eigenvalue weighted by Crippen LogP contribution is -2.22. The van der Waals surface area contributed by atoms with E-state index in [1.54, 1.807) is 0 Å². The molecule has 0 unspecified atom stereocenters. The Morgan fingerprint density at radius 2 is 1.65 bits per heavy atom. The number of benzene rings is 1. The summed E-state index contributed by atoms with van der Waals surface area (Å²) in [6.07, 6.45) is 6.52. The van der Waals surface area contributed by atoms with Gasteiger partial charge in [0.05, 0.1) is 0 Å². The van der Waals surface area contributed by atoms with Crippen LogP contribution in [0.3, 0.4) is 0 Å². The van der Waals surface area contributed by atoms with Crippen molar-refractivity contribution in [2.45, 2.75) is 45.1 Å². The van der Waals surface area contributed by atoms with Crippen molar-refractivity contribution >= 4 is 17.3 Å². The average molecular weight is 311 g/mol. The molecule has 1 heterocycles. The van der Waals surface area contributed by atoms with Crippen LogP contribution < -0.4 is 10.6 Å². The Kier molecular flexibility index (Phi) is 4.70. The Hall–Kier alpha value is -2.23. The summed E-state index contributed by atoms with van der Waals surface area (Å²) in [5.41, 5.74) is 3.70. The molecule has 0 saturated heterocycles. The fourth-order valence-corrected chi connectivity index (χ4v) is 3.17. The molecule has 0 aliphatic heterocycles. The maximum Gasteiger partial charge on any atom is 0.272 e. The molecule has 1 aromatic carbocycles. The summed E-state index contributed by atoms with van der Waals surface area (Å²) in [6.45, 7) is 1.99. The van der Waals surface area contributed by atoms with Crippen molar-refractivity contribution < 1.29 is 4.79 Å². The van der Waals surface area contributed by atoms with Gasteiger partial charge in [-0.25, -0.2) is 0 Å². The first-order valence-electron chi connectivity index (χ1n) is 8.44. The van der Waals surface area contributed by atoms with Gasteiger partial charge in [0.1, 0.15) is 5.69 Å². The summed E-state index contributed by atoms with van der Waals surface area (Å²) in [7, 11) is 1.90. The molecule has 4 nitrogen and oxygen atoms in total. The molecule has 1 saturated carbocycles. The van der Waals surface area contributed by atoms with Crippen LogP contribution in [-0.2, 0) is 7.05 Å². The van der Waals surface area contributed by atoms with Gasteiger partial charge in [-0.05, 0) is 56.2 Å². The maximum absolute atomic E-state index is 12.3. The van der Waals surface area contributed by atoms with Crippen molar-refractivity contribution in [3.8, 4) is 0 Å². The van der Waals surface area contributed by atoms with Crippen LogP contribution in [0.1, 0.15) is 48.3 Å². The highest BCUT2D eigenvalue weighted by atomic mass is 16.1. The first-order valence-corrected chi connectivity index (χ1v) is 8.44. The fraction of sp³-hybridized carbons (Fsp3) is 0.421. The van der Waals surface area contributed by atoms with E-state index in [1.807, 2.05) is 54.9 Å². The SMILES string of the molecule is Cc1ccc(C(=O)Nc2ccc(NC3CCCCC3)cc2)n1C. The van der Waals surface area contributed by atoms with Crippen molar-refractivity contribution in [1.82, 2.24) is 4.57 Å². The van der Waals surface area contributed by atoms with Gasteiger partial charge in [-0.3, -0.25) is 4.79 Å². The van der Waals surface area contributed by atoms with Crippen LogP contribution in [0.15, 0.2) is 36.4 Å². The Balaban J connectivity index is 1.60. The van der Waals surface area contributed by atoms with Crippen LogP contribution in [0, 0.1) is 6.92 Å². The van der Waals surface area contributed by atoms with Gasteiger partial charge in [0.15, 0.2) is 0 Å². The molecule has 4 heteroatoms. The predicted molar refractivity (Wildman–Crippen MR) is 95.0 cm³/mol. The molecule has 122 valence electrons. The second-order valence-corrected chi connectivity index (χ2v) is 6.43. The van der Waals surface area contributed by atoms with E-state index >= 15 is 0 Å². The number of anilines is 2. The van der Waals surface area contributed by atoms with Gasteiger partial charge in [0.25, 0.3) is 5.91 Å². The number of carbonyl (C=O) groups excluding carboxylic acids is 1. The van der Waals surface area contributed by atoms with Crippen LogP contribution in [0.2, 0.25) is 0 Å². The average Bonchev–Trinajstić information content (AvgIpc) is 2.90. The number of carbonyl (C=O) groups is 1. The van der Waals surface area contributed by atoms with E-state index in [-0.39, 0.29) is 5.91 Å². The molecule has 1 fully saturated rings. The van der Waals surface area contributed by atoms with Gasteiger partial charge < -0.3 is 15.2 Å². The van der Waals surface area contributed by atoms with Crippen molar-refractivity contribution in [2.75, 3.05) is 10.6 Å². The lowest BCUT2D eigenvalue weighted by Gasteiger charge is -2.23. The van der Waals surface area contributed by atoms with E-state index in [0.29, 0.717) is 11.7 Å². The lowest BCUT2D eigenvalue weighted by molar-refractivity contribution is 0.101. The fourth-order valence-electron chi connectivity index (χ4n) is 3.17. The molecular formula is C19H25N3O. The van der Waals surface area contributed by atoms with Crippen molar-refractivity contribution in [3.63, 3.8) is 0 Å². The Morgan fingerprint density at radius 1 is 1.00 bits per heavy atom. The summed E-state index contributed by atoms with van der Waals surface area (Å²) < 4.78 is 1.90.